The van der Waals surface area contributed by atoms with Crippen LogP contribution in [0.3, 0.4) is 0 Å². The number of hydrogen-bond donors (Lipinski definition) is 1. The molecule has 0 saturated carbocycles. The molecular formula is C29H32F3NO5. The monoisotopic (exact) mass is 531 g/mol. The minimum Gasteiger partial charge on any atom is -0.497 e. The molecule has 0 saturated heterocycles. The fourth-order valence-electron chi connectivity index (χ4n) is 3.69. The summed E-state index contributed by atoms with van der Waals surface area (Å²) in [7, 11) is 1.58. The highest BCUT2D eigenvalue weighted by atomic mass is 19.4. The lowest BCUT2D eigenvalue weighted by Gasteiger charge is -2.26. The first-order valence-electron chi connectivity index (χ1n) is 12.2. The predicted molar refractivity (Wildman–Crippen MR) is 139 cm³/mol. The molecule has 0 spiro atoms. The van der Waals surface area contributed by atoms with Crippen molar-refractivity contribution in [3.05, 3.63) is 83.9 Å². The summed E-state index contributed by atoms with van der Waals surface area (Å²) < 4.78 is 56.5. The molecular weight excluding hydrogens is 499 g/mol. The third-order valence-electron chi connectivity index (χ3n) is 5.92. The summed E-state index contributed by atoms with van der Waals surface area (Å²) in [5.41, 5.74) is -0.642. The van der Waals surface area contributed by atoms with Crippen molar-refractivity contribution in [3.8, 4) is 17.2 Å². The van der Waals surface area contributed by atoms with Crippen molar-refractivity contribution in [1.82, 2.24) is 0 Å². The van der Waals surface area contributed by atoms with Gasteiger partial charge in [-0.2, -0.15) is 13.2 Å². The number of halogens is 3. The number of alkyl halides is 3. The summed E-state index contributed by atoms with van der Waals surface area (Å²) in [6, 6.07) is 19.5. The van der Waals surface area contributed by atoms with Gasteiger partial charge in [-0.15, -0.1) is 0 Å². The lowest BCUT2D eigenvalue weighted by molar-refractivity contribution is -0.152. The maximum absolute atomic E-state index is 13.3. The van der Waals surface area contributed by atoms with Gasteiger partial charge in [0.25, 0.3) is 0 Å². The molecule has 0 aliphatic carbocycles. The molecule has 1 N–H and O–H groups in total. The Bertz CT molecular complexity index is 1180. The van der Waals surface area contributed by atoms with Crippen LogP contribution in [0.1, 0.15) is 31.4 Å². The number of carboxylic acids is 1. The van der Waals surface area contributed by atoms with Crippen molar-refractivity contribution < 1.29 is 37.3 Å². The first-order valence-corrected chi connectivity index (χ1v) is 12.2. The van der Waals surface area contributed by atoms with Gasteiger partial charge in [0.1, 0.15) is 17.2 Å². The topological polar surface area (TPSA) is 68.2 Å². The van der Waals surface area contributed by atoms with Crippen LogP contribution in [-0.2, 0) is 17.4 Å². The molecule has 204 valence electrons. The molecule has 9 heteroatoms. The minimum absolute atomic E-state index is 0.396. The number of benzene rings is 3. The third kappa shape index (κ3) is 8.33. The Morgan fingerprint density at radius 3 is 2.13 bits per heavy atom. The number of ether oxygens (including phenoxy) is 3. The molecule has 0 aromatic heterocycles. The van der Waals surface area contributed by atoms with Crippen molar-refractivity contribution in [2.75, 3.05) is 31.7 Å². The Labute approximate surface area is 220 Å². The second kappa shape index (κ2) is 12.6. The number of aliphatic carboxylic acids is 1. The van der Waals surface area contributed by atoms with Crippen molar-refractivity contribution in [1.29, 1.82) is 0 Å². The van der Waals surface area contributed by atoms with Gasteiger partial charge in [0.15, 0.2) is 5.60 Å². The van der Waals surface area contributed by atoms with Gasteiger partial charge < -0.3 is 24.2 Å². The van der Waals surface area contributed by atoms with E-state index in [1.165, 1.54) is 19.9 Å². The van der Waals surface area contributed by atoms with Crippen LogP contribution in [0.25, 0.3) is 0 Å². The van der Waals surface area contributed by atoms with E-state index >= 15 is 0 Å². The standard InChI is InChI=1S/C29H32F3NO5/c1-28(2,27(34)35)38-26-10-8-21(9-11-26)16-18-33(23-7-4-6-22(20-23)29(30,31)32)17-5-19-37-25-14-12-24(36-3)13-15-25/h4,6-15,20H,5,16-19H2,1-3H3,(H,34,35). The summed E-state index contributed by atoms with van der Waals surface area (Å²) in [4.78, 5) is 13.2. The highest BCUT2D eigenvalue weighted by Gasteiger charge is 2.31. The molecule has 0 aliphatic heterocycles. The molecule has 0 radical (unpaired) electrons. The summed E-state index contributed by atoms with van der Waals surface area (Å²) in [6.45, 7) is 4.30. The van der Waals surface area contributed by atoms with Crippen LogP contribution >= 0.6 is 0 Å². The van der Waals surface area contributed by atoms with E-state index in [-0.39, 0.29) is 0 Å². The van der Waals surface area contributed by atoms with Crippen LogP contribution in [0.4, 0.5) is 18.9 Å². The molecule has 0 aliphatic rings. The first-order chi connectivity index (χ1) is 18.0. The number of anilines is 1. The molecule has 3 aromatic rings. The number of carbonyl (C=O) groups is 1. The number of methoxy groups -OCH3 is 1. The molecule has 3 rings (SSSR count). The number of carboxylic acid groups (broad SMARTS) is 1. The molecule has 0 amide bonds. The number of nitrogens with zero attached hydrogens (tertiary/aromatic N) is 1. The van der Waals surface area contributed by atoms with E-state index in [4.69, 9.17) is 14.2 Å². The summed E-state index contributed by atoms with van der Waals surface area (Å²) in [5.74, 6) is 0.754. The van der Waals surface area contributed by atoms with Crippen LogP contribution in [0.2, 0.25) is 0 Å². The maximum atomic E-state index is 13.3. The zero-order valence-corrected chi connectivity index (χ0v) is 21.6. The maximum Gasteiger partial charge on any atom is 0.416 e. The van der Waals surface area contributed by atoms with Gasteiger partial charge in [0.05, 0.1) is 19.3 Å². The molecule has 0 fully saturated rings. The van der Waals surface area contributed by atoms with E-state index in [0.29, 0.717) is 49.7 Å². The molecule has 0 unspecified atom stereocenters. The molecule has 6 nitrogen and oxygen atoms in total. The molecule has 0 bridgehead atoms. The number of hydrogen-bond acceptors (Lipinski definition) is 5. The number of rotatable bonds is 13. The Balaban J connectivity index is 1.65. The Hall–Kier alpha value is -3.88. The Morgan fingerprint density at radius 1 is 0.895 bits per heavy atom. The first kappa shape index (κ1) is 28.7. The zero-order chi connectivity index (χ0) is 27.8. The van der Waals surface area contributed by atoms with Gasteiger partial charge in [-0.05, 0) is 86.8 Å². The van der Waals surface area contributed by atoms with E-state index < -0.39 is 23.3 Å². The second-order valence-corrected chi connectivity index (χ2v) is 9.22. The van der Waals surface area contributed by atoms with Gasteiger partial charge in [0, 0.05) is 18.8 Å². The van der Waals surface area contributed by atoms with E-state index in [9.17, 15) is 23.1 Å². The Kier molecular flexibility index (Phi) is 9.50. The Morgan fingerprint density at radius 2 is 1.53 bits per heavy atom. The van der Waals surface area contributed by atoms with Crippen LogP contribution in [-0.4, -0.2) is 43.5 Å². The fraction of sp³-hybridized carbons (Fsp3) is 0.345. The lowest BCUT2D eigenvalue weighted by Crippen LogP contribution is -2.37. The average molecular weight is 532 g/mol. The van der Waals surface area contributed by atoms with E-state index in [1.54, 1.807) is 49.6 Å². The summed E-state index contributed by atoms with van der Waals surface area (Å²) in [5, 5.41) is 9.24. The highest BCUT2D eigenvalue weighted by Crippen LogP contribution is 2.32. The van der Waals surface area contributed by atoms with E-state index in [1.807, 2.05) is 17.0 Å². The SMILES string of the molecule is COc1ccc(OCCCN(CCc2ccc(OC(C)(C)C(=O)O)cc2)c2cccc(C(F)(F)F)c2)cc1. The van der Waals surface area contributed by atoms with E-state index in [0.717, 1.165) is 23.4 Å². The molecule has 3 aromatic carbocycles. The van der Waals surface area contributed by atoms with Crippen LogP contribution in [0.5, 0.6) is 17.2 Å². The van der Waals surface area contributed by atoms with Crippen LogP contribution < -0.4 is 19.1 Å². The fourth-order valence-corrected chi connectivity index (χ4v) is 3.69. The predicted octanol–water partition coefficient (Wildman–Crippen LogP) is 6.47. The van der Waals surface area contributed by atoms with Crippen LogP contribution in [0, 0.1) is 0 Å². The van der Waals surface area contributed by atoms with Crippen molar-refractivity contribution in [2.45, 2.75) is 38.5 Å². The van der Waals surface area contributed by atoms with Crippen molar-refractivity contribution in [2.24, 2.45) is 0 Å². The largest absolute Gasteiger partial charge is 0.497 e. The van der Waals surface area contributed by atoms with Crippen molar-refractivity contribution in [3.63, 3.8) is 0 Å². The highest BCUT2D eigenvalue weighted by molar-refractivity contribution is 5.76. The van der Waals surface area contributed by atoms with Gasteiger partial charge >= 0.3 is 12.1 Å². The summed E-state index contributed by atoms with van der Waals surface area (Å²) >= 11 is 0. The van der Waals surface area contributed by atoms with E-state index in [2.05, 4.69) is 0 Å². The minimum atomic E-state index is -4.43. The summed E-state index contributed by atoms with van der Waals surface area (Å²) in [6.07, 6.45) is -3.27. The second-order valence-electron chi connectivity index (χ2n) is 9.22. The molecule has 38 heavy (non-hydrogen) atoms. The van der Waals surface area contributed by atoms with Gasteiger partial charge in [-0.3, -0.25) is 0 Å². The third-order valence-corrected chi connectivity index (χ3v) is 5.92. The molecule has 0 heterocycles. The smallest absolute Gasteiger partial charge is 0.416 e. The average Bonchev–Trinajstić information content (AvgIpc) is 2.89. The van der Waals surface area contributed by atoms with Gasteiger partial charge in [0.2, 0.25) is 0 Å². The lowest BCUT2D eigenvalue weighted by atomic mass is 10.1. The quantitative estimate of drug-likeness (QED) is 0.255. The molecule has 0 atom stereocenters. The zero-order valence-electron chi connectivity index (χ0n) is 21.6. The van der Waals surface area contributed by atoms with Gasteiger partial charge in [-0.1, -0.05) is 18.2 Å². The normalized spacial score (nSPS) is 11.6. The van der Waals surface area contributed by atoms with Crippen LogP contribution in [0.15, 0.2) is 72.8 Å². The van der Waals surface area contributed by atoms with Crippen molar-refractivity contribution >= 4 is 11.7 Å². The van der Waals surface area contributed by atoms with Gasteiger partial charge in [-0.25, -0.2) is 4.79 Å².